The highest BCUT2D eigenvalue weighted by molar-refractivity contribution is 9.10. The van der Waals surface area contributed by atoms with Crippen molar-refractivity contribution in [2.45, 2.75) is 37.8 Å². The molecule has 0 spiro atoms. The topological polar surface area (TPSA) is 30.5 Å². The Morgan fingerprint density at radius 1 is 1.19 bits per heavy atom. The molecule has 1 N–H and O–H groups in total. The van der Waals surface area contributed by atoms with E-state index in [-0.39, 0.29) is 6.10 Å². The Morgan fingerprint density at radius 3 is 2.67 bits per heavy atom. The van der Waals surface area contributed by atoms with Crippen molar-refractivity contribution < 1.29 is 9.47 Å². The fourth-order valence-corrected chi connectivity index (χ4v) is 3.26. The summed E-state index contributed by atoms with van der Waals surface area (Å²) in [5, 5.41) is 3.60. The zero-order valence-corrected chi connectivity index (χ0v) is 14.0. The first-order chi connectivity index (χ1) is 10.3. The molecule has 1 atom stereocenters. The van der Waals surface area contributed by atoms with Gasteiger partial charge in [0.2, 0.25) is 0 Å². The quantitative estimate of drug-likeness (QED) is 0.810. The smallest absolute Gasteiger partial charge is 0.0960 e. The van der Waals surface area contributed by atoms with Gasteiger partial charge in [0.05, 0.1) is 12.7 Å². The second-order valence-electron chi connectivity index (χ2n) is 6.08. The summed E-state index contributed by atoms with van der Waals surface area (Å²) >= 11 is 3.66. The van der Waals surface area contributed by atoms with Crippen molar-refractivity contribution in [2.24, 2.45) is 5.92 Å². The van der Waals surface area contributed by atoms with Gasteiger partial charge in [-0.15, -0.1) is 0 Å². The number of ether oxygens (including phenoxy) is 2. The first-order valence-corrected chi connectivity index (χ1v) is 8.79. The predicted octanol–water partition coefficient (Wildman–Crippen LogP) is 3.69. The number of hydrogen-bond acceptors (Lipinski definition) is 3. The van der Waals surface area contributed by atoms with Crippen LogP contribution in [-0.4, -0.2) is 32.4 Å². The molecule has 116 valence electrons. The second kappa shape index (κ2) is 7.73. The highest BCUT2D eigenvalue weighted by Crippen LogP contribution is 2.28. The fraction of sp³-hybridized carbons (Fsp3) is 0.647. The van der Waals surface area contributed by atoms with Crippen molar-refractivity contribution in [3.05, 3.63) is 34.3 Å². The van der Waals surface area contributed by atoms with Gasteiger partial charge in [0.25, 0.3) is 0 Å². The minimum atomic E-state index is 0.129. The maximum atomic E-state index is 6.28. The van der Waals surface area contributed by atoms with Gasteiger partial charge in [-0.1, -0.05) is 34.1 Å². The molecule has 2 aliphatic rings. The molecule has 1 unspecified atom stereocenters. The molecule has 1 aromatic carbocycles. The van der Waals surface area contributed by atoms with Crippen molar-refractivity contribution in [2.75, 3.05) is 26.4 Å². The number of hydrogen-bond donors (Lipinski definition) is 1. The third-order valence-electron chi connectivity index (χ3n) is 4.30. The molecule has 3 nitrogen and oxygen atoms in total. The number of halogens is 1. The van der Waals surface area contributed by atoms with Crippen molar-refractivity contribution >= 4 is 15.9 Å². The number of nitrogens with one attached hydrogen (secondary N) is 1. The fourth-order valence-electron chi connectivity index (χ4n) is 2.72. The second-order valence-corrected chi connectivity index (χ2v) is 6.94. The first-order valence-electron chi connectivity index (χ1n) is 8.00. The van der Waals surface area contributed by atoms with Gasteiger partial charge in [-0.05, 0) is 43.2 Å². The molecule has 4 heteroatoms. The van der Waals surface area contributed by atoms with Gasteiger partial charge in [0.15, 0.2) is 0 Å². The van der Waals surface area contributed by atoms with Gasteiger partial charge in [0, 0.05) is 30.3 Å². The first kappa shape index (κ1) is 15.5. The average molecular weight is 354 g/mol. The Kier molecular flexibility index (Phi) is 5.69. The summed E-state index contributed by atoms with van der Waals surface area (Å²) in [5.74, 6) is 0.643. The van der Waals surface area contributed by atoms with Crippen LogP contribution in [0.25, 0.3) is 0 Å². The van der Waals surface area contributed by atoms with E-state index in [1.807, 2.05) is 0 Å². The lowest BCUT2D eigenvalue weighted by molar-refractivity contribution is -0.0117. The van der Waals surface area contributed by atoms with Crippen molar-refractivity contribution in [3.63, 3.8) is 0 Å². The Labute approximate surface area is 135 Å². The lowest BCUT2D eigenvalue weighted by atomic mass is 10.0. The van der Waals surface area contributed by atoms with Crippen LogP contribution in [0.2, 0.25) is 0 Å². The van der Waals surface area contributed by atoms with Crippen LogP contribution in [0, 0.1) is 5.92 Å². The van der Waals surface area contributed by atoms with Crippen LogP contribution in [0.3, 0.4) is 0 Å². The molecule has 1 saturated carbocycles. The Balaban J connectivity index is 1.59. The minimum absolute atomic E-state index is 0.129. The van der Waals surface area contributed by atoms with Gasteiger partial charge < -0.3 is 14.8 Å². The van der Waals surface area contributed by atoms with Crippen LogP contribution >= 0.6 is 15.9 Å². The summed E-state index contributed by atoms with van der Waals surface area (Å²) in [7, 11) is 0. The lowest BCUT2D eigenvalue weighted by Gasteiger charge is -2.26. The number of benzene rings is 1. The van der Waals surface area contributed by atoms with Crippen LogP contribution in [0.1, 0.15) is 37.4 Å². The van der Waals surface area contributed by atoms with Gasteiger partial charge in [-0.25, -0.2) is 0 Å². The van der Waals surface area contributed by atoms with Crippen molar-refractivity contribution in [1.29, 1.82) is 0 Å². The maximum absolute atomic E-state index is 6.28. The predicted molar refractivity (Wildman–Crippen MR) is 87.4 cm³/mol. The lowest BCUT2D eigenvalue weighted by Crippen LogP contribution is -2.28. The molecule has 0 radical (unpaired) electrons. The maximum Gasteiger partial charge on any atom is 0.0960 e. The summed E-state index contributed by atoms with van der Waals surface area (Å²) in [6.45, 7) is 3.50. The zero-order chi connectivity index (χ0) is 14.5. The molecule has 21 heavy (non-hydrogen) atoms. The third-order valence-corrected chi connectivity index (χ3v) is 5.02. The zero-order valence-electron chi connectivity index (χ0n) is 12.4. The van der Waals surface area contributed by atoms with E-state index >= 15 is 0 Å². The van der Waals surface area contributed by atoms with Gasteiger partial charge >= 0.3 is 0 Å². The average Bonchev–Trinajstić information content (AvgIpc) is 3.34. The van der Waals surface area contributed by atoms with Crippen LogP contribution in [0.4, 0.5) is 0 Å². The van der Waals surface area contributed by atoms with E-state index in [4.69, 9.17) is 9.47 Å². The Morgan fingerprint density at radius 2 is 1.95 bits per heavy atom. The van der Waals surface area contributed by atoms with E-state index in [9.17, 15) is 0 Å². The van der Waals surface area contributed by atoms with E-state index in [2.05, 4.69) is 45.5 Å². The Hall–Kier alpha value is -0.420. The number of rotatable bonds is 7. The molecule has 1 aliphatic carbocycles. The summed E-state index contributed by atoms with van der Waals surface area (Å²) in [5.41, 5.74) is 1.25. The molecular weight excluding hydrogens is 330 g/mol. The summed E-state index contributed by atoms with van der Waals surface area (Å²) in [6.07, 6.45) is 4.99. The third kappa shape index (κ3) is 4.78. The molecule has 0 amide bonds. The van der Waals surface area contributed by atoms with Gasteiger partial charge in [-0.3, -0.25) is 0 Å². The van der Waals surface area contributed by atoms with E-state index in [0.29, 0.717) is 12.0 Å². The SMILES string of the molecule is Brc1ccccc1C(CNC1CC1)OCC1CCOCC1. The van der Waals surface area contributed by atoms with Gasteiger partial charge in [0.1, 0.15) is 0 Å². The highest BCUT2D eigenvalue weighted by Gasteiger charge is 2.24. The van der Waals surface area contributed by atoms with Crippen molar-refractivity contribution in [1.82, 2.24) is 5.32 Å². The summed E-state index contributed by atoms with van der Waals surface area (Å²) in [6, 6.07) is 9.10. The normalized spacial score (nSPS) is 21.4. The van der Waals surface area contributed by atoms with E-state index in [0.717, 1.165) is 43.7 Å². The van der Waals surface area contributed by atoms with Crippen molar-refractivity contribution in [3.8, 4) is 0 Å². The molecule has 0 aromatic heterocycles. The molecule has 2 fully saturated rings. The minimum Gasteiger partial charge on any atom is -0.381 e. The molecule has 1 aliphatic heterocycles. The Bertz CT molecular complexity index is 444. The molecule has 0 bridgehead atoms. The molecular formula is C17H24BrNO2. The largest absolute Gasteiger partial charge is 0.381 e. The standard InChI is InChI=1S/C17H24BrNO2/c18-16-4-2-1-3-15(16)17(11-19-14-5-6-14)21-12-13-7-9-20-10-8-13/h1-4,13-14,17,19H,5-12H2. The monoisotopic (exact) mass is 353 g/mol. The summed E-state index contributed by atoms with van der Waals surface area (Å²) in [4.78, 5) is 0. The molecule has 1 saturated heterocycles. The van der Waals surface area contributed by atoms with E-state index in [1.165, 1.54) is 18.4 Å². The van der Waals surface area contributed by atoms with Gasteiger partial charge in [-0.2, -0.15) is 0 Å². The van der Waals surface area contributed by atoms with Crippen LogP contribution in [0.15, 0.2) is 28.7 Å². The van der Waals surface area contributed by atoms with Crippen LogP contribution in [0.5, 0.6) is 0 Å². The van der Waals surface area contributed by atoms with E-state index < -0.39 is 0 Å². The highest BCUT2D eigenvalue weighted by atomic mass is 79.9. The molecule has 1 heterocycles. The van der Waals surface area contributed by atoms with Crippen LogP contribution in [-0.2, 0) is 9.47 Å². The molecule has 3 rings (SSSR count). The van der Waals surface area contributed by atoms with Crippen LogP contribution < -0.4 is 5.32 Å². The van der Waals surface area contributed by atoms with E-state index in [1.54, 1.807) is 0 Å². The summed E-state index contributed by atoms with van der Waals surface area (Å²) < 4.78 is 12.8. The molecule has 1 aromatic rings.